The largest absolute Gasteiger partial charge is 0.326 e. The number of hydrogen-bond acceptors (Lipinski definition) is 3. The number of likely N-dealkylation sites (tertiary alicyclic amines) is 1. The number of alkyl halides is 2. The lowest BCUT2D eigenvalue weighted by molar-refractivity contribution is -0.140. The average Bonchev–Trinajstić information content (AvgIpc) is 3.19. The van der Waals surface area contributed by atoms with Crippen LogP contribution in [0.4, 0.5) is 5.69 Å². The molecular formula is C31H28Cl2N2O3. The van der Waals surface area contributed by atoms with Gasteiger partial charge in [-0.2, -0.15) is 0 Å². The molecule has 4 aliphatic rings. The van der Waals surface area contributed by atoms with E-state index in [1.807, 2.05) is 79.7 Å². The predicted octanol–water partition coefficient (Wildman–Crippen LogP) is 6.09. The fraction of sp³-hybridized carbons (Fsp3) is 0.323. The third-order valence-electron chi connectivity index (χ3n) is 8.38. The van der Waals surface area contributed by atoms with E-state index in [2.05, 4.69) is 5.32 Å². The molecule has 1 aliphatic heterocycles. The van der Waals surface area contributed by atoms with Crippen LogP contribution < -0.4 is 5.32 Å². The van der Waals surface area contributed by atoms with E-state index in [0.717, 1.165) is 33.5 Å². The molecule has 0 spiro atoms. The van der Waals surface area contributed by atoms with Gasteiger partial charge in [0.2, 0.25) is 17.7 Å². The zero-order chi connectivity index (χ0) is 26.7. The summed E-state index contributed by atoms with van der Waals surface area (Å²) in [6.45, 7) is 2.24. The zero-order valence-corrected chi connectivity index (χ0v) is 22.6. The lowest BCUT2D eigenvalue weighted by Crippen LogP contribution is -2.57. The van der Waals surface area contributed by atoms with E-state index in [4.69, 9.17) is 23.2 Å². The Morgan fingerprint density at radius 1 is 0.763 bits per heavy atom. The highest BCUT2D eigenvalue weighted by molar-refractivity contribution is 6.36. The predicted molar refractivity (Wildman–Crippen MR) is 148 cm³/mol. The second-order valence-corrected chi connectivity index (χ2v) is 11.7. The van der Waals surface area contributed by atoms with Gasteiger partial charge >= 0.3 is 0 Å². The van der Waals surface area contributed by atoms with Crippen molar-refractivity contribution in [1.82, 2.24) is 4.90 Å². The lowest BCUT2D eigenvalue weighted by Gasteiger charge is -2.54. The molecule has 3 aliphatic carbocycles. The first kappa shape index (κ1) is 25.1. The van der Waals surface area contributed by atoms with Gasteiger partial charge in [-0.05, 0) is 53.6 Å². The van der Waals surface area contributed by atoms with Crippen LogP contribution in [0.5, 0.6) is 0 Å². The molecule has 2 bridgehead atoms. The molecular weight excluding hydrogens is 519 g/mol. The maximum absolute atomic E-state index is 13.8. The minimum Gasteiger partial charge on any atom is -0.326 e. The molecule has 1 fully saturated rings. The van der Waals surface area contributed by atoms with Crippen LogP contribution in [-0.2, 0) is 24.1 Å². The third-order valence-corrected chi connectivity index (χ3v) is 9.67. The lowest BCUT2D eigenvalue weighted by atomic mass is 9.54. The maximum Gasteiger partial charge on any atom is 0.235 e. The van der Waals surface area contributed by atoms with Gasteiger partial charge in [0.1, 0.15) is 9.75 Å². The Hall–Kier alpha value is -3.15. The average molecular weight is 547 g/mol. The standard InChI is InChI=1S/C31H28Cl2N2O3/c1-19-11-4-9-16-24(19)34-25(36)17-3-2-10-18-35-28(37)26-27(29(35)38)31(33)21-13-6-5-12-20(21)30(26,32)22-14-7-8-15-23(22)31/h4-9,11-16,26-27H,2-3,10,17-18H2,1H3,(H,34,36)/t26-,27+,30?,31?. The molecule has 1 N–H and O–H groups in total. The first-order valence-corrected chi connectivity index (χ1v) is 13.8. The fourth-order valence-electron chi connectivity index (χ4n) is 6.60. The number of hydrogen-bond donors (Lipinski definition) is 1. The molecule has 3 amide bonds. The molecule has 0 aromatic heterocycles. The smallest absolute Gasteiger partial charge is 0.235 e. The van der Waals surface area contributed by atoms with Crippen LogP contribution in [0.3, 0.4) is 0 Å². The van der Waals surface area contributed by atoms with Gasteiger partial charge in [0, 0.05) is 18.7 Å². The number of anilines is 1. The first-order valence-electron chi connectivity index (χ1n) is 13.1. The second kappa shape index (κ2) is 9.25. The van der Waals surface area contributed by atoms with E-state index in [0.29, 0.717) is 25.7 Å². The Bertz CT molecular complexity index is 1350. The summed E-state index contributed by atoms with van der Waals surface area (Å²) in [5.41, 5.74) is 5.05. The van der Waals surface area contributed by atoms with Crippen LogP contribution in [0, 0.1) is 18.8 Å². The van der Waals surface area contributed by atoms with Crippen molar-refractivity contribution in [2.75, 3.05) is 11.9 Å². The Morgan fingerprint density at radius 3 is 1.74 bits per heavy atom. The molecule has 0 unspecified atom stereocenters. The number of imide groups is 1. The van der Waals surface area contributed by atoms with E-state index in [-0.39, 0.29) is 24.3 Å². The molecule has 2 atom stereocenters. The molecule has 0 saturated carbocycles. The fourth-order valence-corrected chi connectivity index (χ4v) is 7.70. The van der Waals surface area contributed by atoms with Gasteiger partial charge in [-0.3, -0.25) is 19.3 Å². The van der Waals surface area contributed by atoms with Crippen LogP contribution in [0.1, 0.15) is 53.5 Å². The molecule has 5 nitrogen and oxygen atoms in total. The molecule has 0 radical (unpaired) electrons. The highest BCUT2D eigenvalue weighted by Crippen LogP contribution is 2.69. The summed E-state index contributed by atoms with van der Waals surface area (Å²) < 4.78 is 0. The summed E-state index contributed by atoms with van der Waals surface area (Å²) in [5.74, 6) is -2.10. The highest BCUT2D eigenvalue weighted by atomic mass is 35.5. The number of halogens is 2. The van der Waals surface area contributed by atoms with Gasteiger partial charge < -0.3 is 5.32 Å². The van der Waals surface area contributed by atoms with Gasteiger partial charge in [0.05, 0.1) is 11.8 Å². The quantitative estimate of drug-likeness (QED) is 0.221. The molecule has 1 heterocycles. The number of para-hydroxylation sites is 1. The van der Waals surface area contributed by atoms with E-state index in [1.165, 1.54) is 4.90 Å². The van der Waals surface area contributed by atoms with Gasteiger partial charge in [-0.1, -0.05) is 73.2 Å². The topological polar surface area (TPSA) is 66.5 Å². The third kappa shape index (κ3) is 3.48. The van der Waals surface area contributed by atoms with Gasteiger partial charge in [0.25, 0.3) is 0 Å². The SMILES string of the molecule is Cc1ccccc1NC(=O)CCCCCN1C(=O)[C@@H]2[C@H](C1=O)C1(Cl)c3ccccc3C2(Cl)c2ccccc21. The van der Waals surface area contributed by atoms with Crippen LogP contribution >= 0.6 is 23.2 Å². The van der Waals surface area contributed by atoms with Crippen molar-refractivity contribution in [3.8, 4) is 0 Å². The Kier molecular flexibility index (Phi) is 6.12. The summed E-state index contributed by atoms with van der Waals surface area (Å²) in [4.78, 5) is 39.0. The number of carbonyl (C=O) groups is 3. The zero-order valence-electron chi connectivity index (χ0n) is 21.0. The molecule has 1 saturated heterocycles. The maximum atomic E-state index is 13.8. The van der Waals surface area contributed by atoms with E-state index < -0.39 is 21.6 Å². The highest BCUT2D eigenvalue weighted by Gasteiger charge is 2.72. The number of benzene rings is 3. The Morgan fingerprint density at radius 2 is 1.24 bits per heavy atom. The molecule has 38 heavy (non-hydrogen) atoms. The summed E-state index contributed by atoms with van der Waals surface area (Å²) >= 11 is 14.9. The number of nitrogens with one attached hydrogen (secondary N) is 1. The number of amides is 3. The molecule has 3 aromatic carbocycles. The monoisotopic (exact) mass is 546 g/mol. The number of unbranched alkanes of at least 4 members (excludes halogenated alkanes) is 2. The summed E-state index contributed by atoms with van der Waals surface area (Å²) in [6.07, 6.45) is 2.36. The number of rotatable bonds is 7. The molecule has 7 heteroatoms. The van der Waals surface area contributed by atoms with Crippen LogP contribution in [0.2, 0.25) is 0 Å². The van der Waals surface area contributed by atoms with Gasteiger partial charge in [-0.15, -0.1) is 23.2 Å². The van der Waals surface area contributed by atoms with Crippen molar-refractivity contribution in [2.45, 2.75) is 42.4 Å². The van der Waals surface area contributed by atoms with E-state index in [1.54, 1.807) is 0 Å². The number of nitrogens with zero attached hydrogens (tertiary/aromatic N) is 1. The summed E-state index contributed by atoms with van der Waals surface area (Å²) in [6, 6.07) is 23.0. The van der Waals surface area contributed by atoms with Crippen molar-refractivity contribution in [3.05, 3.63) is 101 Å². The Labute approximate surface area is 232 Å². The van der Waals surface area contributed by atoms with Crippen LogP contribution in [0.25, 0.3) is 0 Å². The van der Waals surface area contributed by atoms with Crippen molar-refractivity contribution in [3.63, 3.8) is 0 Å². The summed E-state index contributed by atoms with van der Waals surface area (Å²) in [5, 5.41) is 2.95. The van der Waals surface area contributed by atoms with E-state index in [9.17, 15) is 14.4 Å². The second-order valence-electron chi connectivity index (χ2n) is 10.5. The number of carbonyl (C=O) groups excluding carboxylic acids is 3. The molecule has 7 rings (SSSR count). The van der Waals surface area contributed by atoms with Crippen molar-refractivity contribution >= 4 is 46.6 Å². The first-order chi connectivity index (χ1) is 18.3. The van der Waals surface area contributed by atoms with Crippen molar-refractivity contribution < 1.29 is 14.4 Å². The molecule has 194 valence electrons. The van der Waals surface area contributed by atoms with E-state index >= 15 is 0 Å². The minimum absolute atomic E-state index is 0.0427. The van der Waals surface area contributed by atoms with Crippen molar-refractivity contribution in [1.29, 1.82) is 0 Å². The number of aryl methyl sites for hydroxylation is 1. The Balaban J connectivity index is 1.17. The van der Waals surface area contributed by atoms with Crippen LogP contribution in [-0.4, -0.2) is 29.2 Å². The minimum atomic E-state index is -1.15. The van der Waals surface area contributed by atoms with Crippen LogP contribution in [0.15, 0.2) is 72.8 Å². The molecule has 3 aromatic rings. The van der Waals surface area contributed by atoms with Crippen molar-refractivity contribution in [2.24, 2.45) is 11.8 Å². The van der Waals surface area contributed by atoms with Gasteiger partial charge in [0.15, 0.2) is 0 Å². The van der Waals surface area contributed by atoms with Gasteiger partial charge in [-0.25, -0.2) is 0 Å². The summed E-state index contributed by atoms with van der Waals surface area (Å²) in [7, 11) is 0. The normalized spacial score (nSPS) is 26.7.